The van der Waals surface area contributed by atoms with E-state index in [-0.39, 0.29) is 12.2 Å². The van der Waals surface area contributed by atoms with Crippen LogP contribution in [0.3, 0.4) is 0 Å². The molecule has 0 saturated carbocycles. The van der Waals surface area contributed by atoms with E-state index in [1.165, 1.54) is 6.07 Å². The molecular weight excluding hydrogens is 286 g/mol. The summed E-state index contributed by atoms with van der Waals surface area (Å²) in [6.45, 7) is -0.303. The fourth-order valence-corrected chi connectivity index (χ4v) is 1.94. The maximum atomic E-state index is 11.1. The molecule has 7 nitrogen and oxygen atoms in total. The molecule has 0 bridgehead atoms. The number of nitrogens with zero attached hydrogens (tertiary/aromatic N) is 1. The second-order valence-corrected chi connectivity index (χ2v) is 4.53. The average Bonchev–Trinajstić information content (AvgIpc) is 2.53. The molecule has 3 N–H and O–H groups in total. The number of carbonyl (C=O) groups is 1. The van der Waals surface area contributed by atoms with Gasteiger partial charge in [-0.15, -0.1) is 0 Å². The summed E-state index contributed by atoms with van der Waals surface area (Å²) in [5.41, 5.74) is 1.86. The quantitative estimate of drug-likeness (QED) is 0.560. The van der Waals surface area contributed by atoms with Crippen molar-refractivity contribution in [1.29, 1.82) is 0 Å². The standard InChI is InChI=1S/C15H15N3O4/c19-10-15(20)17-13-6-3-5-12(8-13)16-9-11-4-1-2-7-14(11)18(21)22/h1-8,16,19H,9-10H2,(H,17,20). The lowest BCUT2D eigenvalue weighted by atomic mass is 10.1. The number of rotatable bonds is 6. The van der Waals surface area contributed by atoms with Crippen molar-refractivity contribution in [1.82, 2.24) is 0 Å². The fraction of sp³-hybridized carbons (Fsp3) is 0.133. The number of anilines is 2. The smallest absolute Gasteiger partial charge is 0.274 e. The lowest BCUT2D eigenvalue weighted by Gasteiger charge is -2.09. The molecule has 0 spiro atoms. The zero-order chi connectivity index (χ0) is 15.9. The van der Waals surface area contributed by atoms with Crippen molar-refractivity contribution in [3.8, 4) is 0 Å². The number of carbonyl (C=O) groups excluding carboxylic acids is 1. The summed E-state index contributed by atoms with van der Waals surface area (Å²) >= 11 is 0. The number of nitrogens with one attached hydrogen (secondary N) is 2. The Morgan fingerprint density at radius 2 is 1.86 bits per heavy atom. The normalized spacial score (nSPS) is 10.0. The number of benzene rings is 2. The molecule has 0 aliphatic carbocycles. The molecule has 0 radical (unpaired) electrons. The molecule has 2 rings (SSSR count). The van der Waals surface area contributed by atoms with Crippen LogP contribution in [0.1, 0.15) is 5.56 Å². The zero-order valence-electron chi connectivity index (χ0n) is 11.7. The van der Waals surface area contributed by atoms with Gasteiger partial charge in [0.15, 0.2) is 0 Å². The van der Waals surface area contributed by atoms with Crippen LogP contribution in [0.25, 0.3) is 0 Å². The number of para-hydroxylation sites is 1. The largest absolute Gasteiger partial charge is 0.387 e. The van der Waals surface area contributed by atoms with Gasteiger partial charge >= 0.3 is 0 Å². The summed E-state index contributed by atoms with van der Waals surface area (Å²) in [6.07, 6.45) is 0. The van der Waals surface area contributed by atoms with Crippen LogP contribution in [0.15, 0.2) is 48.5 Å². The highest BCUT2D eigenvalue weighted by molar-refractivity contribution is 5.91. The van der Waals surface area contributed by atoms with Gasteiger partial charge in [0.25, 0.3) is 5.69 Å². The minimum atomic E-state index is -0.589. The number of nitro groups is 1. The van der Waals surface area contributed by atoms with E-state index < -0.39 is 17.4 Å². The first-order valence-corrected chi connectivity index (χ1v) is 6.57. The van der Waals surface area contributed by atoms with Crippen molar-refractivity contribution in [3.63, 3.8) is 0 Å². The van der Waals surface area contributed by atoms with Crippen LogP contribution in [-0.4, -0.2) is 22.5 Å². The summed E-state index contributed by atoms with van der Waals surface area (Å²) in [6, 6.07) is 13.4. The second-order valence-electron chi connectivity index (χ2n) is 4.53. The van der Waals surface area contributed by atoms with E-state index >= 15 is 0 Å². The number of nitro benzene ring substituents is 1. The van der Waals surface area contributed by atoms with E-state index in [0.717, 1.165) is 0 Å². The van der Waals surface area contributed by atoms with Crippen LogP contribution in [0.5, 0.6) is 0 Å². The van der Waals surface area contributed by atoms with Gasteiger partial charge in [0, 0.05) is 29.5 Å². The lowest BCUT2D eigenvalue weighted by molar-refractivity contribution is -0.385. The van der Waals surface area contributed by atoms with E-state index in [1.54, 1.807) is 42.5 Å². The number of hydrogen-bond acceptors (Lipinski definition) is 5. The van der Waals surface area contributed by atoms with Crippen LogP contribution < -0.4 is 10.6 Å². The molecule has 114 valence electrons. The maximum Gasteiger partial charge on any atom is 0.274 e. The minimum Gasteiger partial charge on any atom is -0.387 e. The van der Waals surface area contributed by atoms with Gasteiger partial charge in [0.05, 0.1) is 4.92 Å². The molecule has 2 aromatic rings. The van der Waals surface area contributed by atoms with E-state index in [1.807, 2.05) is 0 Å². The Bertz CT molecular complexity index is 688. The molecule has 0 heterocycles. The van der Waals surface area contributed by atoms with Gasteiger partial charge in [-0.25, -0.2) is 0 Å². The van der Waals surface area contributed by atoms with Crippen LogP contribution >= 0.6 is 0 Å². The summed E-state index contributed by atoms with van der Waals surface area (Å²) in [7, 11) is 0. The lowest BCUT2D eigenvalue weighted by Crippen LogP contribution is -2.15. The molecular formula is C15H15N3O4. The molecule has 0 aliphatic rings. The van der Waals surface area contributed by atoms with E-state index in [0.29, 0.717) is 16.9 Å². The molecule has 2 aromatic carbocycles. The van der Waals surface area contributed by atoms with Crippen molar-refractivity contribution in [2.45, 2.75) is 6.54 Å². The fourth-order valence-electron chi connectivity index (χ4n) is 1.94. The minimum absolute atomic E-state index is 0.0553. The van der Waals surface area contributed by atoms with Gasteiger partial charge in [-0.05, 0) is 18.2 Å². The Hall–Kier alpha value is -2.93. The Morgan fingerprint density at radius 3 is 2.59 bits per heavy atom. The van der Waals surface area contributed by atoms with Gasteiger partial charge in [0.1, 0.15) is 6.61 Å². The van der Waals surface area contributed by atoms with Crippen LogP contribution in [-0.2, 0) is 11.3 Å². The van der Waals surface area contributed by atoms with Crippen molar-refractivity contribution >= 4 is 23.0 Å². The van der Waals surface area contributed by atoms with E-state index in [9.17, 15) is 14.9 Å². The molecule has 0 aromatic heterocycles. The topological polar surface area (TPSA) is 104 Å². The first kappa shape index (κ1) is 15.5. The summed E-state index contributed by atoms with van der Waals surface area (Å²) in [5.74, 6) is -0.504. The maximum absolute atomic E-state index is 11.1. The van der Waals surface area contributed by atoms with Crippen molar-refractivity contribution in [2.24, 2.45) is 0 Å². The van der Waals surface area contributed by atoms with Crippen molar-refractivity contribution in [2.75, 3.05) is 17.2 Å². The summed E-state index contributed by atoms with van der Waals surface area (Å²) in [5, 5.41) is 25.2. The highest BCUT2D eigenvalue weighted by Gasteiger charge is 2.11. The third-order valence-electron chi connectivity index (χ3n) is 2.96. The first-order chi connectivity index (χ1) is 10.6. The third-order valence-corrected chi connectivity index (χ3v) is 2.96. The Morgan fingerprint density at radius 1 is 1.14 bits per heavy atom. The molecule has 0 atom stereocenters. The van der Waals surface area contributed by atoms with Gasteiger partial charge in [-0.2, -0.15) is 0 Å². The predicted octanol–water partition coefficient (Wildman–Crippen LogP) is 2.14. The molecule has 7 heteroatoms. The Kier molecular flexibility index (Phi) is 5.05. The number of aliphatic hydroxyl groups is 1. The highest BCUT2D eigenvalue weighted by Crippen LogP contribution is 2.20. The Labute approximate surface area is 126 Å². The molecule has 0 aliphatic heterocycles. The number of hydrogen-bond donors (Lipinski definition) is 3. The monoisotopic (exact) mass is 301 g/mol. The molecule has 0 fully saturated rings. The van der Waals surface area contributed by atoms with E-state index in [4.69, 9.17) is 5.11 Å². The van der Waals surface area contributed by atoms with Gasteiger partial charge in [0.2, 0.25) is 5.91 Å². The zero-order valence-corrected chi connectivity index (χ0v) is 11.7. The van der Waals surface area contributed by atoms with Crippen LogP contribution in [0, 0.1) is 10.1 Å². The van der Waals surface area contributed by atoms with Crippen molar-refractivity contribution < 1.29 is 14.8 Å². The van der Waals surface area contributed by atoms with Crippen LogP contribution in [0.2, 0.25) is 0 Å². The molecule has 0 unspecified atom stereocenters. The predicted molar refractivity (Wildman–Crippen MR) is 82.6 cm³/mol. The average molecular weight is 301 g/mol. The van der Waals surface area contributed by atoms with Gasteiger partial charge in [-0.3, -0.25) is 14.9 Å². The SMILES string of the molecule is O=C(CO)Nc1cccc(NCc2ccccc2[N+](=O)[O-])c1. The summed E-state index contributed by atoms with van der Waals surface area (Å²) in [4.78, 5) is 21.7. The number of aliphatic hydroxyl groups excluding tert-OH is 1. The van der Waals surface area contributed by atoms with Gasteiger partial charge in [-0.1, -0.05) is 24.3 Å². The first-order valence-electron chi connectivity index (χ1n) is 6.57. The summed E-state index contributed by atoms with van der Waals surface area (Å²) < 4.78 is 0. The molecule has 1 amide bonds. The van der Waals surface area contributed by atoms with E-state index in [2.05, 4.69) is 10.6 Å². The molecule has 0 saturated heterocycles. The highest BCUT2D eigenvalue weighted by atomic mass is 16.6. The van der Waals surface area contributed by atoms with Gasteiger partial charge < -0.3 is 15.7 Å². The third kappa shape index (κ3) is 4.03. The Balaban J connectivity index is 2.07. The second kappa shape index (κ2) is 7.19. The van der Waals surface area contributed by atoms with Crippen molar-refractivity contribution in [3.05, 3.63) is 64.2 Å². The number of amides is 1. The van der Waals surface area contributed by atoms with Crippen LogP contribution in [0.4, 0.5) is 17.1 Å². The molecule has 22 heavy (non-hydrogen) atoms.